The average Bonchev–Trinajstić information content (AvgIpc) is 2.71. The Labute approximate surface area is 103 Å². The Morgan fingerprint density at radius 1 is 1.19 bits per heavy atom. The van der Waals surface area contributed by atoms with Crippen molar-refractivity contribution in [2.24, 2.45) is 0 Å². The largest absolute Gasteiger partial charge is 0.492 e. The van der Waals surface area contributed by atoms with Gasteiger partial charge in [0.1, 0.15) is 0 Å². The van der Waals surface area contributed by atoms with E-state index in [4.69, 9.17) is 9.47 Å². The fraction of sp³-hybridized carbons (Fsp3) is 0.692. The van der Waals surface area contributed by atoms with E-state index in [-0.39, 0.29) is 6.10 Å². The zero-order valence-electron chi connectivity index (χ0n) is 10.5. The van der Waals surface area contributed by atoms with Crippen molar-refractivity contribution in [3.8, 4) is 11.5 Å². The summed E-state index contributed by atoms with van der Waals surface area (Å²) in [6.07, 6.45) is 6.58. The van der Waals surface area contributed by atoms with Crippen LogP contribution in [0.3, 0.4) is 0 Å². The zero-order valence-corrected chi connectivity index (χ0v) is 11.3. The van der Waals surface area contributed by atoms with Gasteiger partial charge in [-0.25, -0.2) is 0 Å². The van der Waals surface area contributed by atoms with Gasteiger partial charge in [0.05, 0.1) is 13.2 Å². The molecule has 2 nitrogen and oxygen atoms in total. The molecule has 1 aromatic rings. The van der Waals surface area contributed by atoms with Crippen LogP contribution in [0.25, 0.3) is 0 Å². The van der Waals surface area contributed by atoms with Gasteiger partial charge in [-0.05, 0) is 19.8 Å². The summed E-state index contributed by atoms with van der Waals surface area (Å²) in [6, 6.07) is 0. The van der Waals surface area contributed by atoms with Crippen LogP contribution in [-0.2, 0) is 0 Å². The van der Waals surface area contributed by atoms with Crippen LogP contribution in [0.15, 0.2) is 10.8 Å². The minimum atomic E-state index is 0.278. The Morgan fingerprint density at radius 3 is 2.62 bits per heavy atom. The highest BCUT2D eigenvalue weighted by Gasteiger charge is 2.09. The SMILES string of the molecule is CCCCCCC(C)Oc1cscc1OC. The van der Waals surface area contributed by atoms with Crippen LogP contribution in [0.1, 0.15) is 46.0 Å². The van der Waals surface area contributed by atoms with E-state index in [1.807, 2.05) is 10.8 Å². The molecule has 0 radical (unpaired) electrons. The summed E-state index contributed by atoms with van der Waals surface area (Å²) in [7, 11) is 1.68. The first kappa shape index (κ1) is 13.4. The van der Waals surface area contributed by atoms with E-state index in [0.29, 0.717) is 0 Å². The molecule has 0 bridgehead atoms. The molecule has 1 heterocycles. The summed E-state index contributed by atoms with van der Waals surface area (Å²) in [5, 5.41) is 3.97. The molecule has 0 saturated carbocycles. The monoisotopic (exact) mass is 242 g/mol. The molecule has 1 unspecified atom stereocenters. The van der Waals surface area contributed by atoms with Crippen LogP contribution in [0.5, 0.6) is 11.5 Å². The van der Waals surface area contributed by atoms with Crippen molar-refractivity contribution in [3.05, 3.63) is 10.8 Å². The van der Waals surface area contributed by atoms with Crippen molar-refractivity contribution in [1.29, 1.82) is 0 Å². The highest BCUT2D eigenvalue weighted by Crippen LogP contribution is 2.32. The molecular weight excluding hydrogens is 220 g/mol. The Hall–Kier alpha value is -0.700. The Balaban J connectivity index is 2.25. The van der Waals surface area contributed by atoms with E-state index < -0.39 is 0 Å². The third-order valence-corrected chi connectivity index (χ3v) is 3.31. The van der Waals surface area contributed by atoms with Crippen molar-refractivity contribution in [3.63, 3.8) is 0 Å². The van der Waals surface area contributed by atoms with Crippen LogP contribution in [0, 0.1) is 0 Å². The lowest BCUT2D eigenvalue weighted by Crippen LogP contribution is -2.11. The number of hydrogen-bond donors (Lipinski definition) is 0. The molecule has 1 aromatic heterocycles. The van der Waals surface area contributed by atoms with Gasteiger partial charge in [-0.3, -0.25) is 0 Å². The van der Waals surface area contributed by atoms with Gasteiger partial charge in [0, 0.05) is 10.8 Å². The fourth-order valence-electron chi connectivity index (χ4n) is 1.64. The van der Waals surface area contributed by atoms with Gasteiger partial charge >= 0.3 is 0 Å². The first-order valence-corrected chi connectivity index (χ1v) is 6.99. The van der Waals surface area contributed by atoms with E-state index in [0.717, 1.165) is 17.9 Å². The zero-order chi connectivity index (χ0) is 11.8. The lowest BCUT2D eigenvalue weighted by atomic mass is 10.1. The quantitative estimate of drug-likeness (QED) is 0.625. The summed E-state index contributed by atoms with van der Waals surface area (Å²) < 4.78 is 11.1. The van der Waals surface area contributed by atoms with Gasteiger partial charge in [0.15, 0.2) is 11.5 Å². The molecule has 0 aliphatic rings. The van der Waals surface area contributed by atoms with Crippen LogP contribution in [-0.4, -0.2) is 13.2 Å². The van der Waals surface area contributed by atoms with Gasteiger partial charge in [-0.2, -0.15) is 0 Å². The maximum absolute atomic E-state index is 5.84. The number of thiophene rings is 1. The lowest BCUT2D eigenvalue weighted by molar-refractivity contribution is 0.199. The first-order chi connectivity index (χ1) is 7.77. The van der Waals surface area contributed by atoms with Gasteiger partial charge in [-0.15, -0.1) is 11.3 Å². The van der Waals surface area contributed by atoms with Crippen molar-refractivity contribution < 1.29 is 9.47 Å². The molecule has 0 aliphatic heterocycles. The minimum Gasteiger partial charge on any atom is -0.492 e. The summed E-state index contributed by atoms with van der Waals surface area (Å²) in [5.41, 5.74) is 0. The molecule has 0 aromatic carbocycles. The topological polar surface area (TPSA) is 18.5 Å². The fourth-order valence-corrected chi connectivity index (χ4v) is 2.34. The van der Waals surface area contributed by atoms with Gasteiger partial charge in [-0.1, -0.05) is 26.2 Å². The smallest absolute Gasteiger partial charge is 0.172 e. The first-order valence-electron chi connectivity index (χ1n) is 6.04. The molecule has 1 atom stereocenters. The number of unbranched alkanes of at least 4 members (excludes halogenated alkanes) is 3. The number of hydrogen-bond acceptors (Lipinski definition) is 3. The standard InChI is InChI=1S/C13H22O2S/c1-4-5-6-7-8-11(2)15-13-10-16-9-12(13)14-3/h9-11H,4-8H2,1-3H3. The second-order valence-corrected chi connectivity index (χ2v) is 4.83. The van der Waals surface area contributed by atoms with Crippen LogP contribution in [0.4, 0.5) is 0 Å². The van der Waals surface area contributed by atoms with Gasteiger partial charge < -0.3 is 9.47 Å². The highest BCUT2D eigenvalue weighted by atomic mass is 32.1. The molecule has 0 fully saturated rings. The molecule has 0 aliphatic carbocycles. The average molecular weight is 242 g/mol. The van der Waals surface area contributed by atoms with E-state index in [1.165, 1.54) is 25.7 Å². The van der Waals surface area contributed by atoms with E-state index in [9.17, 15) is 0 Å². The summed E-state index contributed by atoms with van der Waals surface area (Å²) in [4.78, 5) is 0. The van der Waals surface area contributed by atoms with E-state index in [2.05, 4.69) is 13.8 Å². The molecule has 0 amide bonds. The maximum Gasteiger partial charge on any atom is 0.172 e. The van der Waals surface area contributed by atoms with Crippen molar-refractivity contribution in [2.75, 3.05) is 7.11 Å². The lowest BCUT2D eigenvalue weighted by Gasteiger charge is -2.14. The van der Waals surface area contributed by atoms with E-state index >= 15 is 0 Å². The number of ether oxygens (including phenoxy) is 2. The summed E-state index contributed by atoms with van der Waals surface area (Å²) in [5.74, 6) is 1.74. The van der Waals surface area contributed by atoms with Crippen LogP contribution in [0.2, 0.25) is 0 Å². The molecule has 0 saturated heterocycles. The van der Waals surface area contributed by atoms with Gasteiger partial charge in [0.2, 0.25) is 0 Å². The molecular formula is C13H22O2S. The summed E-state index contributed by atoms with van der Waals surface area (Å²) >= 11 is 1.61. The van der Waals surface area contributed by atoms with Gasteiger partial charge in [0.25, 0.3) is 0 Å². The predicted molar refractivity (Wildman–Crippen MR) is 69.7 cm³/mol. The number of rotatable bonds is 8. The van der Waals surface area contributed by atoms with Crippen molar-refractivity contribution in [2.45, 2.75) is 52.1 Å². The Morgan fingerprint density at radius 2 is 1.94 bits per heavy atom. The minimum absolute atomic E-state index is 0.278. The predicted octanol–water partition coefficient (Wildman–Crippen LogP) is 4.49. The normalized spacial score (nSPS) is 12.4. The molecule has 0 N–H and O–H groups in total. The highest BCUT2D eigenvalue weighted by molar-refractivity contribution is 7.08. The second-order valence-electron chi connectivity index (χ2n) is 4.08. The second kappa shape index (κ2) is 7.55. The third kappa shape index (κ3) is 4.44. The molecule has 92 valence electrons. The maximum atomic E-state index is 5.84. The van der Waals surface area contributed by atoms with Crippen LogP contribution < -0.4 is 9.47 Å². The molecule has 3 heteroatoms. The van der Waals surface area contributed by atoms with Crippen LogP contribution >= 0.6 is 11.3 Å². The molecule has 1 rings (SSSR count). The molecule has 0 spiro atoms. The Kier molecular flexibility index (Phi) is 6.31. The molecule has 16 heavy (non-hydrogen) atoms. The van der Waals surface area contributed by atoms with Crippen molar-refractivity contribution in [1.82, 2.24) is 0 Å². The summed E-state index contributed by atoms with van der Waals surface area (Å²) in [6.45, 7) is 4.36. The Bertz CT molecular complexity index is 283. The number of methoxy groups -OCH3 is 1. The third-order valence-electron chi connectivity index (χ3n) is 2.61. The van der Waals surface area contributed by atoms with E-state index in [1.54, 1.807) is 18.4 Å². The van der Waals surface area contributed by atoms with Crippen molar-refractivity contribution >= 4 is 11.3 Å².